The lowest BCUT2D eigenvalue weighted by molar-refractivity contribution is 0.100. The van der Waals surface area contributed by atoms with Crippen LogP contribution < -0.4 is 15.8 Å². The van der Waals surface area contributed by atoms with Crippen LogP contribution in [0.4, 0.5) is 15.8 Å². The van der Waals surface area contributed by atoms with E-state index in [2.05, 4.69) is 15.4 Å². The number of amides is 1. The lowest BCUT2D eigenvalue weighted by atomic mass is 9.91. The van der Waals surface area contributed by atoms with Gasteiger partial charge in [-0.1, -0.05) is 23.7 Å². The average molecular weight is 416 g/mol. The van der Waals surface area contributed by atoms with Crippen molar-refractivity contribution in [2.75, 3.05) is 12.4 Å². The molecule has 1 amide bonds. The largest absolute Gasteiger partial charge is 0.494 e. The smallest absolute Gasteiger partial charge is 0.252 e. The highest BCUT2D eigenvalue weighted by Gasteiger charge is 2.31. The highest BCUT2D eigenvalue weighted by molar-refractivity contribution is 6.29. The molecule has 0 saturated heterocycles. The Labute approximate surface area is 171 Å². The molecule has 29 heavy (non-hydrogen) atoms. The maximum Gasteiger partial charge on any atom is 0.252 e. The number of nitrogens with zero attached hydrogens (tertiary/aromatic N) is 3. The lowest BCUT2D eigenvalue weighted by Gasteiger charge is -2.29. The van der Waals surface area contributed by atoms with Gasteiger partial charge in [-0.3, -0.25) is 9.48 Å². The maximum atomic E-state index is 13.2. The molecular weight excluding hydrogens is 397 g/mol. The highest BCUT2D eigenvalue weighted by atomic mass is 35.5. The van der Waals surface area contributed by atoms with E-state index in [4.69, 9.17) is 22.1 Å². The van der Waals surface area contributed by atoms with Crippen molar-refractivity contribution in [3.63, 3.8) is 0 Å². The van der Waals surface area contributed by atoms with Crippen LogP contribution in [0.3, 0.4) is 0 Å². The van der Waals surface area contributed by atoms with Crippen LogP contribution in [0.2, 0.25) is 5.15 Å². The fraction of sp³-hybridized carbons (Fsp3) is 0.250. The zero-order valence-corrected chi connectivity index (χ0v) is 16.4. The summed E-state index contributed by atoms with van der Waals surface area (Å²) in [6.45, 7) is 0. The first-order valence-electron chi connectivity index (χ1n) is 9.04. The summed E-state index contributed by atoms with van der Waals surface area (Å²) in [6.07, 6.45) is 5.16. The molecule has 1 fully saturated rings. The molecule has 2 heterocycles. The van der Waals surface area contributed by atoms with E-state index in [9.17, 15) is 9.18 Å². The monoisotopic (exact) mass is 415 g/mol. The van der Waals surface area contributed by atoms with Gasteiger partial charge in [-0.2, -0.15) is 5.10 Å². The number of carbonyl (C=O) groups excluding carboxylic acids is 1. The zero-order valence-electron chi connectivity index (χ0n) is 15.6. The van der Waals surface area contributed by atoms with E-state index in [1.165, 1.54) is 12.3 Å². The first-order chi connectivity index (χ1) is 14.0. The second kappa shape index (κ2) is 7.71. The topological polar surface area (TPSA) is 95.1 Å². The molecule has 4 rings (SSSR count). The Morgan fingerprint density at radius 3 is 2.83 bits per heavy atom. The van der Waals surface area contributed by atoms with E-state index in [1.807, 2.05) is 24.4 Å². The van der Waals surface area contributed by atoms with E-state index in [0.29, 0.717) is 30.0 Å². The number of para-hydroxylation sites is 1. The van der Waals surface area contributed by atoms with Gasteiger partial charge in [-0.25, -0.2) is 9.37 Å². The van der Waals surface area contributed by atoms with Gasteiger partial charge in [-0.15, -0.1) is 0 Å². The van der Waals surface area contributed by atoms with Gasteiger partial charge in [0.25, 0.3) is 5.91 Å². The van der Waals surface area contributed by atoms with Crippen LogP contribution in [0.1, 0.15) is 29.2 Å². The number of aromatic nitrogens is 3. The van der Waals surface area contributed by atoms with Crippen LogP contribution in [-0.4, -0.2) is 34.0 Å². The minimum absolute atomic E-state index is 0.0862. The van der Waals surface area contributed by atoms with Crippen molar-refractivity contribution in [2.45, 2.75) is 25.1 Å². The summed E-state index contributed by atoms with van der Waals surface area (Å²) < 4.78 is 20.6. The number of alkyl halides is 1. The van der Waals surface area contributed by atoms with Gasteiger partial charge < -0.3 is 15.8 Å². The quantitative estimate of drug-likeness (QED) is 0.590. The van der Waals surface area contributed by atoms with Crippen molar-refractivity contribution in [3.8, 4) is 16.9 Å². The third-order valence-electron chi connectivity index (χ3n) is 4.97. The number of hydrogen-bond acceptors (Lipinski definition) is 5. The first kappa shape index (κ1) is 19.2. The van der Waals surface area contributed by atoms with E-state index in [0.717, 1.165) is 11.1 Å². The molecule has 150 valence electrons. The fourth-order valence-electron chi connectivity index (χ4n) is 3.37. The second-order valence-electron chi connectivity index (χ2n) is 6.86. The van der Waals surface area contributed by atoms with Crippen molar-refractivity contribution >= 4 is 28.9 Å². The second-order valence-corrected chi connectivity index (χ2v) is 7.25. The van der Waals surface area contributed by atoms with Gasteiger partial charge in [0.15, 0.2) is 0 Å². The van der Waals surface area contributed by atoms with Crippen LogP contribution in [-0.2, 0) is 0 Å². The molecule has 2 aromatic heterocycles. The zero-order chi connectivity index (χ0) is 20.5. The molecule has 0 spiro atoms. The molecule has 1 saturated carbocycles. The molecule has 1 aliphatic rings. The third kappa shape index (κ3) is 3.75. The summed E-state index contributed by atoms with van der Waals surface area (Å²) >= 11 is 5.98. The number of hydrogen-bond donors (Lipinski definition) is 2. The lowest BCUT2D eigenvalue weighted by Crippen LogP contribution is -2.28. The summed E-state index contributed by atoms with van der Waals surface area (Å²) in [7, 11) is 1.56. The van der Waals surface area contributed by atoms with E-state index in [1.54, 1.807) is 18.0 Å². The third-order valence-corrected chi connectivity index (χ3v) is 5.17. The summed E-state index contributed by atoms with van der Waals surface area (Å²) in [5.74, 6) is -0.0629. The average Bonchev–Trinajstić information content (AvgIpc) is 3.14. The standard InChI is InChI=1S/C20H19ClFN5O2/c1-29-19-14(11-8-25-27(10-11)13-5-12(22)6-13)3-2-4-16(19)26-17-7-18(21)24-9-15(17)20(23)28/h2-4,7-10,12-13H,5-6H2,1H3,(H2,23,28)(H,24,26)/t12-,13-. The summed E-state index contributed by atoms with van der Waals surface area (Å²) in [6, 6.07) is 7.17. The number of carbonyl (C=O) groups is 1. The Hall–Kier alpha value is -3.13. The van der Waals surface area contributed by atoms with Gasteiger partial charge in [-0.05, 0) is 12.1 Å². The van der Waals surface area contributed by atoms with Crippen molar-refractivity contribution < 1.29 is 13.9 Å². The summed E-state index contributed by atoms with van der Waals surface area (Å²) in [5.41, 5.74) is 8.34. The van der Waals surface area contributed by atoms with Gasteiger partial charge in [0, 0.05) is 36.4 Å². The Bertz CT molecular complexity index is 1060. The number of rotatable bonds is 6. The molecule has 0 atom stereocenters. The minimum Gasteiger partial charge on any atom is -0.494 e. The molecule has 3 N–H and O–H groups in total. The molecule has 1 aliphatic carbocycles. The Morgan fingerprint density at radius 2 is 2.14 bits per heavy atom. The van der Waals surface area contributed by atoms with E-state index >= 15 is 0 Å². The molecule has 3 aromatic rings. The fourth-order valence-corrected chi connectivity index (χ4v) is 3.53. The van der Waals surface area contributed by atoms with E-state index in [-0.39, 0.29) is 16.8 Å². The molecule has 9 heteroatoms. The normalized spacial score (nSPS) is 18.2. The molecule has 1 aromatic carbocycles. The molecule has 0 bridgehead atoms. The van der Waals surface area contributed by atoms with Gasteiger partial charge in [0.1, 0.15) is 17.1 Å². The predicted molar refractivity (Wildman–Crippen MR) is 108 cm³/mol. The van der Waals surface area contributed by atoms with Crippen molar-refractivity contribution in [3.05, 3.63) is 53.6 Å². The Balaban J connectivity index is 1.69. The van der Waals surface area contributed by atoms with Gasteiger partial charge >= 0.3 is 0 Å². The van der Waals surface area contributed by atoms with Gasteiger partial charge in [0.05, 0.1) is 36.3 Å². The summed E-state index contributed by atoms with van der Waals surface area (Å²) in [4.78, 5) is 15.6. The maximum absolute atomic E-state index is 13.2. The number of nitrogens with two attached hydrogens (primary N) is 1. The molecular formula is C20H19ClFN5O2. The number of ether oxygens (including phenoxy) is 1. The van der Waals surface area contributed by atoms with Crippen LogP contribution in [0, 0.1) is 0 Å². The Kier molecular flexibility index (Phi) is 5.10. The van der Waals surface area contributed by atoms with Crippen LogP contribution >= 0.6 is 11.6 Å². The van der Waals surface area contributed by atoms with Crippen molar-refractivity contribution in [1.82, 2.24) is 14.8 Å². The molecule has 0 radical (unpaired) electrons. The number of nitrogens with one attached hydrogen (secondary N) is 1. The first-order valence-corrected chi connectivity index (χ1v) is 9.42. The van der Waals surface area contributed by atoms with Crippen LogP contribution in [0.15, 0.2) is 42.9 Å². The molecule has 0 aliphatic heterocycles. The number of benzene rings is 1. The van der Waals surface area contributed by atoms with Crippen LogP contribution in [0.25, 0.3) is 11.1 Å². The van der Waals surface area contributed by atoms with Crippen LogP contribution in [0.5, 0.6) is 5.75 Å². The van der Waals surface area contributed by atoms with Crippen molar-refractivity contribution in [1.29, 1.82) is 0 Å². The number of methoxy groups -OCH3 is 1. The van der Waals surface area contributed by atoms with E-state index < -0.39 is 12.1 Å². The minimum atomic E-state index is -0.749. The van der Waals surface area contributed by atoms with Gasteiger partial charge in [0.2, 0.25) is 0 Å². The highest BCUT2D eigenvalue weighted by Crippen LogP contribution is 2.40. The Morgan fingerprint density at radius 1 is 1.34 bits per heavy atom. The number of primary amides is 1. The number of anilines is 2. The SMILES string of the molecule is COc1c(Nc2cc(Cl)ncc2C(N)=O)cccc1-c1cnn([C@H]2C[C@H](F)C2)c1. The molecule has 0 unspecified atom stereocenters. The predicted octanol–water partition coefficient (Wildman–Crippen LogP) is 4.12. The summed E-state index contributed by atoms with van der Waals surface area (Å²) in [5, 5.41) is 7.75. The number of pyridine rings is 1. The number of halogens is 2. The molecule has 7 nitrogen and oxygen atoms in total. The van der Waals surface area contributed by atoms with Crippen molar-refractivity contribution in [2.24, 2.45) is 5.73 Å².